The van der Waals surface area contributed by atoms with E-state index in [0.29, 0.717) is 23.4 Å². The Bertz CT molecular complexity index is 1150. The van der Waals surface area contributed by atoms with Crippen LogP contribution in [0, 0.1) is 17.7 Å². The standard InChI is InChI=1S/C28H29FN2O3/c1-28(2,31-27(32)33-17-18-7-4-3-5-8-18)20-15-24(19-11-13-21(29)14-12-19)30-25(16-20)34-26-22-9-6-10-23(22)26/h3-5,7-8,11-16,22-23,26H,6,9-10,17H2,1-2H3,(H,31,32)/t22-,23+,26?. The van der Waals surface area contributed by atoms with Gasteiger partial charge in [0, 0.05) is 23.5 Å². The predicted molar refractivity (Wildman–Crippen MR) is 128 cm³/mol. The highest BCUT2D eigenvalue weighted by molar-refractivity contribution is 5.69. The lowest BCUT2D eigenvalue weighted by Gasteiger charge is -2.27. The minimum atomic E-state index is -0.747. The lowest BCUT2D eigenvalue weighted by atomic mass is 9.93. The van der Waals surface area contributed by atoms with Gasteiger partial charge in [0.2, 0.25) is 5.88 Å². The van der Waals surface area contributed by atoms with Crippen molar-refractivity contribution in [2.45, 2.75) is 51.4 Å². The van der Waals surface area contributed by atoms with Crippen molar-refractivity contribution in [3.63, 3.8) is 0 Å². The van der Waals surface area contributed by atoms with Crippen LogP contribution in [-0.2, 0) is 16.9 Å². The summed E-state index contributed by atoms with van der Waals surface area (Å²) in [4.78, 5) is 17.3. The SMILES string of the molecule is CC(C)(NC(=O)OCc1ccccc1)c1cc(OC2[C@H]3CCC[C@@H]23)nc(-c2ccc(F)cc2)c1. The maximum Gasteiger partial charge on any atom is 0.408 e. The number of carbonyl (C=O) groups is 1. The first kappa shape index (κ1) is 22.4. The molecular formula is C28H29FN2O3. The Kier molecular flexibility index (Phi) is 5.98. The number of hydrogen-bond acceptors (Lipinski definition) is 4. The third-order valence-electron chi connectivity index (χ3n) is 6.88. The number of halogens is 1. The average Bonchev–Trinajstić information content (AvgIpc) is 3.23. The minimum absolute atomic E-state index is 0.193. The summed E-state index contributed by atoms with van der Waals surface area (Å²) >= 11 is 0. The Morgan fingerprint density at radius 2 is 1.76 bits per heavy atom. The minimum Gasteiger partial charge on any atom is -0.474 e. The highest BCUT2D eigenvalue weighted by Crippen LogP contribution is 2.53. The van der Waals surface area contributed by atoms with Crippen LogP contribution in [-0.4, -0.2) is 17.2 Å². The molecule has 2 aliphatic rings. The summed E-state index contributed by atoms with van der Waals surface area (Å²) < 4.78 is 25.2. The van der Waals surface area contributed by atoms with Gasteiger partial charge in [-0.2, -0.15) is 0 Å². The highest BCUT2D eigenvalue weighted by Gasteiger charge is 2.55. The fraction of sp³-hybridized carbons (Fsp3) is 0.357. The quantitative estimate of drug-likeness (QED) is 0.454. The Hall–Kier alpha value is -3.41. The van der Waals surface area contributed by atoms with Crippen LogP contribution in [0.4, 0.5) is 9.18 Å². The van der Waals surface area contributed by atoms with Crippen LogP contribution in [0.15, 0.2) is 66.7 Å². The van der Waals surface area contributed by atoms with E-state index in [2.05, 4.69) is 5.32 Å². The molecule has 1 unspecified atom stereocenters. The molecule has 0 bridgehead atoms. The van der Waals surface area contributed by atoms with Crippen LogP contribution in [0.25, 0.3) is 11.3 Å². The van der Waals surface area contributed by atoms with Crippen LogP contribution >= 0.6 is 0 Å². The van der Waals surface area contributed by atoms with Crippen LogP contribution in [0.1, 0.15) is 44.2 Å². The number of hydrogen-bond donors (Lipinski definition) is 1. The molecule has 2 aliphatic carbocycles. The smallest absolute Gasteiger partial charge is 0.408 e. The molecule has 2 aromatic carbocycles. The maximum absolute atomic E-state index is 13.5. The van der Waals surface area contributed by atoms with Crippen molar-refractivity contribution < 1.29 is 18.7 Å². The van der Waals surface area contributed by atoms with Crippen LogP contribution in [0.2, 0.25) is 0 Å². The Balaban J connectivity index is 1.36. The number of nitrogens with one attached hydrogen (secondary N) is 1. The Morgan fingerprint density at radius 1 is 1.06 bits per heavy atom. The Morgan fingerprint density at radius 3 is 2.47 bits per heavy atom. The number of alkyl carbamates (subject to hydrolysis) is 1. The summed E-state index contributed by atoms with van der Waals surface area (Å²) in [6, 6.07) is 19.6. The number of rotatable bonds is 7. The molecular weight excluding hydrogens is 431 g/mol. The molecule has 1 amide bonds. The maximum atomic E-state index is 13.5. The van der Waals surface area contributed by atoms with Crippen molar-refractivity contribution in [1.29, 1.82) is 0 Å². The van der Waals surface area contributed by atoms with Crippen LogP contribution in [0.3, 0.4) is 0 Å². The number of aromatic nitrogens is 1. The summed E-state index contributed by atoms with van der Waals surface area (Å²) in [7, 11) is 0. The molecule has 34 heavy (non-hydrogen) atoms. The van der Waals surface area contributed by atoms with E-state index < -0.39 is 11.6 Å². The van der Waals surface area contributed by atoms with Gasteiger partial charge in [0.25, 0.3) is 0 Å². The molecule has 2 fully saturated rings. The normalized spacial score (nSPS) is 21.0. The van der Waals surface area contributed by atoms with Gasteiger partial charge in [-0.15, -0.1) is 0 Å². The molecule has 6 heteroatoms. The fourth-order valence-corrected chi connectivity index (χ4v) is 4.85. The Labute approximate surface area is 199 Å². The van der Waals surface area contributed by atoms with Crippen molar-refractivity contribution in [2.75, 3.05) is 0 Å². The lowest BCUT2D eigenvalue weighted by Crippen LogP contribution is -2.41. The third kappa shape index (κ3) is 4.91. The van der Waals surface area contributed by atoms with E-state index in [0.717, 1.165) is 16.7 Å². The second-order valence-corrected chi connectivity index (χ2v) is 9.74. The number of carbonyl (C=O) groups excluding carboxylic acids is 1. The van der Waals surface area contributed by atoms with E-state index in [4.69, 9.17) is 14.5 Å². The molecule has 0 radical (unpaired) electrons. The highest BCUT2D eigenvalue weighted by atomic mass is 19.1. The van der Waals surface area contributed by atoms with Crippen molar-refractivity contribution in [1.82, 2.24) is 10.3 Å². The number of amides is 1. The molecule has 5 nitrogen and oxygen atoms in total. The van der Waals surface area contributed by atoms with E-state index in [9.17, 15) is 9.18 Å². The van der Waals surface area contributed by atoms with E-state index in [1.54, 1.807) is 12.1 Å². The zero-order valence-corrected chi connectivity index (χ0v) is 19.5. The number of pyridine rings is 1. The summed E-state index contributed by atoms with van der Waals surface area (Å²) in [6.07, 6.45) is 3.39. The average molecular weight is 461 g/mol. The van der Waals surface area contributed by atoms with E-state index in [-0.39, 0.29) is 18.5 Å². The van der Waals surface area contributed by atoms with Crippen molar-refractivity contribution in [2.24, 2.45) is 11.8 Å². The van der Waals surface area contributed by atoms with E-state index in [1.807, 2.05) is 56.3 Å². The first-order chi connectivity index (χ1) is 16.4. The fourth-order valence-electron chi connectivity index (χ4n) is 4.85. The molecule has 0 spiro atoms. The van der Waals surface area contributed by atoms with Gasteiger partial charge in [-0.05, 0) is 68.1 Å². The zero-order valence-electron chi connectivity index (χ0n) is 19.5. The van der Waals surface area contributed by atoms with Gasteiger partial charge in [0.05, 0.1) is 11.2 Å². The van der Waals surface area contributed by atoms with Gasteiger partial charge in [0.1, 0.15) is 18.5 Å². The second kappa shape index (κ2) is 9.09. The first-order valence-electron chi connectivity index (χ1n) is 11.8. The predicted octanol–water partition coefficient (Wildman–Crippen LogP) is 6.23. The molecule has 1 heterocycles. The number of fused-ring (bicyclic) bond motifs is 1. The van der Waals surface area contributed by atoms with Gasteiger partial charge in [-0.1, -0.05) is 36.8 Å². The molecule has 0 saturated heterocycles. The monoisotopic (exact) mass is 460 g/mol. The van der Waals surface area contributed by atoms with E-state index in [1.165, 1.54) is 31.4 Å². The zero-order chi connectivity index (χ0) is 23.7. The molecule has 3 aromatic rings. The summed E-state index contributed by atoms with van der Waals surface area (Å²) in [6.45, 7) is 4.02. The van der Waals surface area contributed by atoms with Gasteiger partial charge in [0.15, 0.2) is 0 Å². The third-order valence-corrected chi connectivity index (χ3v) is 6.88. The van der Waals surface area contributed by atoms with Gasteiger partial charge < -0.3 is 14.8 Å². The summed E-state index contributed by atoms with van der Waals surface area (Å²) in [5, 5.41) is 2.96. The van der Waals surface area contributed by atoms with Crippen LogP contribution in [0.5, 0.6) is 5.88 Å². The number of ether oxygens (including phenoxy) is 2. The molecule has 3 atom stereocenters. The van der Waals surface area contributed by atoms with Crippen molar-refractivity contribution in [3.05, 3.63) is 83.7 Å². The second-order valence-electron chi connectivity index (χ2n) is 9.74. The summed E-state index contributed by atoms with van der Waals surface area (Å²) in [5.74, 6) is 1.48. The van der Waals surface area contributed by atoms with E-state index >= 15 is 0 Å². The molecule has 5 rings (SSSR count). The summed E-state index contributed by atoms with van der Waals surface area (Å²) in [5.41, 5.74) is 2.46. The topological polar surface area (TPSA) is 60.5 Å². The molecule has 1 aromatic heterocycles. The molecule has 176 valence electrons. The lowest BCUT2D eigenvalue weighted by molar-refractivity contribution is 0.129. The molecule has 1 N–H and O–H groups in total. The van der Waals surface area contributed by atoms with Gasteiger partial charge in [-0.3, -0.25) is 0 Å². The van der Waals surface area contributed by atoms with Crippen LogP contribution < -0.4 is 10.1 Å². The first-order valence-corrected chi connectivity index (χ1v) is 11.8. The molecule has 0 aliphatic heterocycles. The van der Waals surface area contributed by atoms with Gasteiger partial charge >= 0.3 is 6.09 Å². The molecule has 2 saturated carbocycles. The van der Waals surface area contributed by atoms with Gasteiger partial charge in [-0.25, -0.2) is 14.2 Å². The van der Waals surface area contributed by atoms with Crippen molar-refractivity contribution >= 4 is 6.09 Å². The number of benzene rings is 2. The largest absolute Gasteiger partial charge is 0.474 e. The number of nitrogens with zero attached hydrogens (tertiary/aromatic N) is 1. The van der Waals surface area contributed by atoms with Crippen molar-refractivity contribution in [3.8, 4) is 17.1 Å².